The quantitative estimate of drug-likeness (QED) is 0.133. The molecule has 0 atom stereocenters. The molecule has 0 aliphatic heterocycles. The summed E-state index contributed by atoms with van der Waals surface area (Å²) in [6.07, 6.45) is 10.7. The third kappa shape index (κ3) is 4.34. The molecular formula is C44H34S. The van der Waals surface area contributed by atoms with Crippen molar-refractivity contribution in [1.29, 1.82) is 0 Å². The monoisotopic (exact) mass is 594 g/mol. The summed E-state index contributed by atoms with van der Waals surface area (Å²) >= 11 is 1.91. The molecule has 0 fully saturated rings. The molecule has 0 radical (unpaired) electrons. The van der Waals surface area contributed by atoms with E-state index in [9.17, 15) is 0 Å². The van der Waals surface area contributed by atoms with E-state index in [1.165, 1.54) is 80.7 Å². The summed E-state index contributed by atoms with van der Waals surface area (Å²) < 4.78 is 2.66. The van der Waals surface area contributed by atoms with Crippen LogP contribution in [-0.4, -0.2) is 0 Å². The van der Waals surface area contributed by atoms with Crippen molar-refractivity contribution in [2.45, 2.75) is 25.7 Å². The highest BCUT2D eigenvalue weighted by atomic mass is 32.1. The maximum Gasteiger partial charge on any atom is 0.0440 e. The first-order valence-corrected chi connectivity index (χ1v) is 16.4. The summed E-state index contributed by atoms with van der Waals surface area (Å²) in [4.78, 5) is 0. The van der Waals surface area contributed by atoms with E-state index in [1.807, 2.05) is 29.6 Å². The molecule has 7 aromatic rings. The van der Waals surface area contributed by atoms with Gasteiger partial charge in [-0.1, -0.05) is 136 Å². The maximum atomic E-state index is 4.09. The summed E-state index contributed by atoms with van der Waals surface area (Å²) in [5.41, 5.74) is 10.5. The lowest BCUT2D eigenvalue weighted by Crippen LogP contribution is -2.14. The van der Waals surface area contributed by atoms with Crippen LogP contribution in [0, 0.1) is 0 Å². The van der Waals surface area contributed by atoms with E-state index in [0.717, 1.165) is 12.0 Å². The molecule has 0 bridgehead atoms. The van der Waals surface area contributed by atoms with Crippen LogP contribution in [0.1, 0.15) is 41.7 Å². The highest BCUT2D eigenvalue weighted by Crippen LogP contribution is 2.52. The van der Waals surface area contributed by atoms with Crippen LogP contribution in [-0.2, 0) is 11.8 Å². The van der Waals surface area contributed by atoms with Gasteiger partial charge in [0.2, 0.25) is 0 Å². The maximum absolute atomic E-state index is 4.09. The van der Waals surface area contributed by atoms with Crippen molar-refractivity contribution in [2.24, 2.45) is 0 Å². The minimum atomic E-state index is -0.0453. The molecule has 1 aliphatic rings. The lowest BCUT2D eigenvalue weighted by atomic mass is 9.81. The Kier molecular flexibility index (Phi) is 6.48. The third-order valence-electron chi connectivity index (χ3n) is 9.65. The summed E-state index contributed by atoms with van der Waals surface area (Å²) in [6, 6.07) is 38.8. The van der Waals surface area contributed by atoms with Crippen molar-refractivity contribution in [1.82, 2.24) is 0 Å². The van der Waals surface area contributed by atoms with Crippen molar-refractivity contribution < 1.29 is 0 Å². The largest absolute Gasteiger partial charge is 0.135 e. The van der Waals surface area contributed by atoms with Gasteiger partial charge >= 0.3 is 0 Å². The van der Waals surface area contributed by atoms with Crippen molar-refractivity contribution in [2.75, 3.05) is 0 Å². The molecule has 8 rings (SSSR count). The highest BCUT2D eigenvalue weighted by Gasteiger charge is 2.35. The van der Waals surface area contributed by atoms with Crippen LogP contribution in [0.5, 0.6) is 0 Å². The number of hydrogen-bond donors (Lipinski definition) is 0. The number of benzene rings is 6. The molecular weight excluding hydrogens is 561 g/mol. The van der Waals surface area contributed by atoms with Gasteiger partial charge in [0.25, 0.3) is 0 Å². The predicted octanol–water partition coefficient (Wildman–Crippen LogP) is 12.6. The number of thiophene rings is 1. The number of fused-ring (bicyclic) bond motifs is 10. The molecule has 1 aliphatic carbocycles. The minimum absolute atomic E-state index is 0.0453. The molecule has 0 nitrogen and oxygen atoms in total. The van der Waals surface area contributed by atoms with E-state index in [-0.39, 0.29) is 5.41 Å². The van der Waals surface area contributed by atoms with Gasteiger partial charge in [-0.15, -0.1) is 11.3 Å². The fourth-order valence-corrected chi connectivity index (χ4v) is 8.65. The van der Waals surface area contributed by atoms with Gasteiger partial charge in [-0.3, -0.25) is 0 Å². The second-order valence-corrected chi connectivity index (χ2v) is 13.7. The molecule has 0 unspecified atom stereocenters. The second-order valence-electron chi connectivity index (χ2n) is 12.6. The van der Waals surface area contributed by atoms with Gasteiger partial charge in [0.1, 0.15) is 0 Å². The second kappa shape index (κ2) is 10.6. The Balaban J connectivity index is 1.44. The average molecular weight is 595 g/mol. The average Bonchev–Trinajstić information content (AvgIpc) is 3.54. The Labute approximate surface area is 269 Å². The van der Waals surface area contributed by atoms with E-state index in [1.54, 1.807) is 6.08 Å². The zero-order valence-electron chi connectivity index (χ0n) is 25.7. The number of allylic oxidation sites excluding steroid dienone is 6. The highest BCUT2D eigenvalue weighted by molar-refractivity contribution is 7.26. The van der Waals surface area contributed by atoms with Gasteiger partial charge in [0.15, 0.2) is 0 Å². The topological polar surface area (TPSA) is 0 Å². The molecule has 1 heterocycles. The van der Waals surface area contributed by atoms with E-state index in [0.29, 0.717) is 0 Å². The molecule has 0 amide bonds. The minimum Gasteiger partial charge on any atom is -0.135 e. The van der Waals surface area contributed by atoms with Crippen LogP contribution >= 0.6 is 11.3 Å². The lowest BCUT2D eigenvalue weighted by Gasteiger charge is -2.22. The molecule has 6 aromatic carbocycles. The number of hydrogen-bond acceptors (Lipinski definition) is 1. The Morgan fingerprint density at radius 1 is 0.711 bits per heavy atom. The van der Waals surface area contributed by atoms with E-state index >= 15 is 0 Å². The molecule has 1 aromatic heterocycles. The van der Waals surface area contributed by atoms with E-state index < -0.39 is 0 Å². The van der Waals surface area contributed by atoms with E-state index in [2.05, 4.69) is 136 Å². The first-order chi connectivity index (χ1) is 22.0. The number of rotatable bonds is 6. The van der Waals surface area contributed by atoms with Crippen LogP contribution in [0.3, 0.4) is 0 Å². The van der Waals surface area contributed by atoms with Crippen LogP contribution in [0.4, 0.5) is 0 Å². The SMILES string of the molecule is C=C/C=C\C=C(/C=C)c1ccc2sc3c(ccc4cc(Cc5ccccc5)c5cc6c(cc5c43)-c3ccccc3C6(C)C)c2c1. The van der Waals surface area contributed by atoms with Gasteiger partial charge in [0, 0.05) is 31.0 Å². The zero-order chi connectivity index (χ0) is 30.7. The van der Waals surface area contributed by atoms with Gasteiger partial charge in [-0.05, 0) is 91.4 Å². The van der Waals surface area contributed by atoms with Crippen molar-refractivity contribution in [3.8, 4) is 11.1 Å². The van der Waals surface area contributed by atoms with Crippen LogP contribution in [0.25, 0.3) is 58.4 Å². The van der Waals surface area contributed by atoms with Crippen molar-refractivity contribution >= 4 is 58.6 Å². The molecule has 0 saturated carbocycles. The summed E-state index contributed by atoms with van der Waals surface area (Å²) in [7, 11) is 0. The van der Waals surface area contributed by atoms with Crippen LogP contribution in [0.15, 0.2) is 147 Å². The molecule has 216 valence electrons. The first kappa shape index (κ1) is 27.6. The molecule has 0 N–H and O–H groups in total. The predicted molar refractivity (Wildman–Crippen MR) is 199 cm³/mol. The summed E-state index contributed by atoms with van der Waals surface area (Å²) in [6.45, 7) is 12.6. The Morgan fingerprint density at radius 2 is 1.53 bits per heavy atom. The van der Waals surface area contributed by atoms with Crippen LogP contribution in [0.2, 0.25) is 0 Å². The third-order valence-corrected chi connectivity index (χ3v) is 10.9. The zero-order valence-corrected chi connectivity index (χ0v) is 26.5. The van der Waals surface area contributed by atoms with Gasteiger partial charge in [-0.25, -0.2) is 0 Å². The fourth-order valence-electron chi connectivity index (χ4n) is 7.40. The molecule has 1 heteroatoms. The fraction of sp³-hybridized carbons (Fsp3) is 0.0909. The first-order valence-electron chi connectivity index (χ1n) is 15.6. The Hall–Kier alpha value is -4.98. The summed E-state index contributed by atoms with van der Waals surface area (Å²) in [5.74, 6) is 0. The standard InChI is InChI=1S/C44H34S/c1-5-7-9-16-29(6-2)30-20-22-41-37(25-30)34-21-19-31-24-32(23-28-14-10-8-11-15-28)35-27-40-36(26-38(35)42(31)43(34)45-41)33-17-12-13-18-39(33)44(40,3)4/h5-22,24-27H,1-2,23H2,3-4H3/b9-7-,29-16+. The lowest BCUT2D eigenvalue weighted by molar-refractivity contribution is 0.661. The van der Waals surface area contributed by atoms with Gasteiger partial charge in [-0.2, -0.15) is 0 Å². The smallest absolute Gasteiger partial charge is 0.0440 e. The van der Waals surface area contributed by atoms with Gasteiger partial charge < -0.3 is 0 Å². The normalized spacial score (nSPS) is 14.0. The van der Waals surface area contributed by atoms with Gasteiger partial charge in [0.05, 0.1) is 0 Å². The van der Waals surface area contributed by atoms with E-state index in [4.69, 9.17) is 0 Å². The summed E-state index contributed by atoms with van der Waals surface area (Å²) in [5, 5.41) is 7.99. The Bertz CT molecular complexity index is 2390. The van der Waals surface area contributed by atoms with Crippen LogP contribution < -0.4 is 0 Å². The van der Waals surface area contributed by atoms with Crippen molar-refractivity contribution in [3.63, 3.8) is 0 Å². The Morgan fingerprint density at radius 3 is 2.36 bits per heavy atom. The molecule has 0 spiro atoms. The molecule has 0 saturated heterocycles. The molecule has 45 heavy (non-hydrogen) atoms. The van der Waals surface area contributed by atoms with Crippen molar-refractivity contribution in [3.05, 3.63) is 174 Å².